The molecule has 1 fully saturated rings. The van der Waals surface area contributed by atoms with Crippen molar-refractivity contribution in [2.45, 2.75) is 44.6 Å². The van der Waals surface area contributed by atoms with E-state index in [1.165, 1.54) is 6.42 Å². The summed E-state index contributed by atoms with van der Waals surface area (Å²) in [5, 5.41) is 23.0. The van der Waals surface area contributed by atoms with Crippen LogP contribution in [0, 0.1) is 17.2 Å². The van der Waals surface area contributed by atoms with Crippen LogP contribution in [0.5, 0.6) is 5.75 Å². The maximum atomic E-state index is 10.7. The lowest BCUT2D eigenvalue weighted by atomic mass is 9.78. The Labute approximate surface area is 126 Å². The Morgan fingerprint density at radius 2 is 2.14 bits per heavy atom. The first-order chi connectivity index (χ1) is 10.1. The molecule has 21 heavy (non-hydrogen) atoms. The van der Waals surface area contributed by atoms with Crippen LogP contribution in [0.3, 0.4) is 0 Å². The predicted molar refractivity (Wildman–Crippen MR) is 83.4 cm³/mol. The minimum absolute atomic E-state index is 0.477. The van der Waals surface area contributed by atoms with Crippen LogP contribution in [0.15, 0.2) is 18.2 Å². The second-order valence-electron chi connectivity index (χ2n) is 5.95. The van der Waals surface area contributed by atoms with E-state index in [0.717, 1.165) is 37.3 Å². The molecule has 0 bridgehead atoms. The van der Waals surface area contributed by atoms with Crippen LogP contribution >= 0.6 is 0 Å². The highest BCUT2D eigenvalue weighted by Gasteiger charge is 2.32. The molecule has 4 heteroatoms. The van der Waals surface area contributed by atoms with Crippen molar-refractivity contribution in [2.75, 3.05) is 19.0 Å². The van der Waals surface area contributed by atoms with Crippen LogP contribution in [0.2, 0.25) is 0 Å². The Bertz CT molecular complexity index is 514. The molecule has 0 atom stereocenters. The number of anilines is 1. The van der Waals surface area contributed by atoms with Crippen LogP contribution < -0.4 is 10.1 Å². The van der Waals surface area contributed by atoms with E-state index in [1.54, 1.807) is 25.3 Å². The number of nitrogens with zero attached hydrogens (tertiary/aromatic N) is 1. The zero-order valence-corrected chi connectivity index (χ0v) is 12.9. The average Bonchev–Trinajstić information content (AvgIpc) is 2.53. The van der Waals surface area contributed by atoms with Gasteiger partial charge in [-0.1, -0.05) is 13.3 Å². The Morgan fingerprint density at radius 3 is 2.71 bits per heavy atom. The van der Waals surface area contributed by atoms with Gasteiger partial charge in [0.1, 0.15) is 11.8 Å². The van der Waals surface area contributed by atoms with E-state index in [0.29, 0.717) is 17.9 Å². The molecule has 1 saturated carbocycles. The first-order valence-electron chi connectivity index (χ1n) is 7.64. The Kier molecular flexibility index (Phi) is 5.08. The lowest BCUT2D eigenvalue weighted by Crippen LogP contribution is -2.40. The van der Waals surface area contributed by atoms with Crippen LogP contribution in [0.4, 0.5) is 5.69 Å². The monoisotopic (exact) mass is 288 g/mol. The summed E-state index contributed by atoms with van der Waals surface area (Å²) in [5.74, 6) is 1.45. The minimum Gasteiger partial charge on any atom is -0.497 e. The Morgan fingerprint density at radius 1 is 1.43 bits per heavy atom. The van der Waals surface area contributed by atoms with E-state index in [4.69, 9.17) is 10.00 Å². The summed E-state index contributed by atoms with van der Waals surface area (Å²) in [4.78, 5) is 0. The molecule has 2 rings (SSSR count). The van der Waals surface area contributed by atoms with Gasteiger partial charge in [-0.25, -0.2) is 0 Å². The summed E-state index contributed by atoms with van der Waals surface area (Å²) < 4.78 is 5.19. The van der Waals surface area contributed by atoms with Gasteiger partial charge in [0.2, 0.25) is 0 Å². The SMILES string of the molecule is CCC1CCC(O)(CNc2cc(OC)ccc2C#N)CC1. The third-order valence-electron chi connectivity index (χ3n) is 4.57. The fraction of sp³-hybridized carbons (Fsp3) is 0.588. The molecule has 0 aromatic heterocycles. The topological polar surface area (TPSA) is 65.3 Å². The van der Waals surface area contributed by atoms with Crippen molar-refractivity contribution >= 4 is 5.69 Å². The average molecular weight is 288 g/mol. The quantitative estimate of drug-likeness (QED) is 0.872. The van der Waals surface area contributed by atoms with E-state index in [2.05, 4.69) is 18.3 Å². The summed E-state index contributed by atoms with van der Waals surface area (Å²) in [7, 11) is 1.60. The summed E-state index contributed by atoms with van der Waals surface area (Å²) >= 11 is 0. The van der Waals surface area contributed by atoms with Crippen molar-refractivity contribution in [3.63, 3.8) is 0 Å². The first kappa shape index (κ1) is 15.7. The fourth-order valence-corrected chi connectivity index (χ4v) is 2.95. The number of hydrogen-bond acceptors (Lipinski definition) is 4. The van der Waals surface area contributed by atoms with E-state index in [1.807, 2.05) is 0 Å². The maximum absolute atomic E-state index is 10.7. The largest absolute Gasteiger partial charge is 0.497 e. The van der Waals surface area contributed by atoms with E-state index >= 15 is 0 Å². The molecule has 0 spiro atoms. The number of benzene rings is 1. The van der Waals surface area contributed by atoms with E-state index < -0.39 is 5.60 Å². The third-order valence-corrected chi connectivity index (χ3v) is 4.57. The number of ether oxygens (including phenoxy) is 1. The van der Waals surface area contributed by atoms with Crippen molar-refractivity contribution in [3.05, 3.63) is 23.8 Å². The summed E-state index contributed by atoms with van der Waals surface area (Å²) in [6, 6.07) is 7.47. The standard InChI is InChI=1S/C17H24N2O2/c1-3-13-6-8-17(20,9-7-13)12-19-16-10-15(21-2)5-4-14(16)11-18/h4-5,10,13,19-20H,3,6-9,12H2,1-2H3. The first-order valence-corrected chi connectivity index (χ1v) is 7.64. The second-order valence-corrected chi connectivity index (χ2v) is 5.95. The van der Waals surface area contributed by atoms with Gasteiger partial charge in [-0.15, -0.1) is 0 Å². The fourth-order valence-electron chi connectivity index (χ4n) is 2.95. The van der Waals surface area contributed by atoms with E-state index in [-0.39, 0.29) is 0 Å². The molecule has 0 amide bonds. The number of methoxy groups -OCH3 is 1. The van der Waals surface area contributed by atoms with Gasteiger partial charge in [-0.05, 0) is 43.7 Å². The van der Waals surface area contributed by atoms with Gasteiger partial charge < -0.3 is 15.2 Å². The van der Waals surface area contributed by atoms with Gasteiger partial charge >= 0.3 is 0 Å². The zero-order chi connectivity index (χ0) is 15.3. The molecule has 0 unspecified atom stereocenters. The van der Waals surface area contributed by atoms with Crippen molar-refractivity contribution in [2.24, 2.45) is 5.92 Å². The smallest absolute Gasteiger partial charge is 0.121 e. The minimum atomic E-state index is -0.665. The number of hydrogen-bond donors (Lipinski definition) is 2. The van der Waals surface area contributed by atoms with Crippen LogP contribution in [-0.4, -0.2) is 24.4 Å². The van der Waals surface area contributed by atoms with Crippen LogP contribution in [-0.2, 0) is 0 Å². The van der Waals surface area contributed by atoms with Crippen molar-refractivity contribution in [3.8, 4) is 11.8 Å². The number of nitriles is 1. The molecule has 0 radical (unpaired) electrons. The zero-order valence-electron chi connectivity index (χ0n) is 12.9. The molecule has 114 valence electrons. The molecular formula is C17H24N2O2. The molecule has 2 N–H and O–H groups in total. The number of rotatable bonds is 5. The number of nitrogens with one attached hydrogen (secondary N) is 1. The summed E-state index contributed by atoms with van der Waals surface area (Å²) in [6.07, 6.45) is 5.00. The molecule has 1 aromatic carbocycles. The number of aliphatic hydroxyl groups is 1. The van der Waals surface area contributed by atoms with Crippen molar-refractivity contribution < 1.29 is 9.84 Å². The van der Waals surface area contributed by atoms with Gasteiger partial charge in [0.05, 0.1) is 24.0 Å². The highest BCUT2D eigenvalue weighted by atomic mass is 16.5. The molecule has 0 saturated heterocycles. The highest BCUT2D eigenvalue weighted by molar-refractivity contribution is 5.60. The van der Waals surface area contributed by atoms with Crippen LogP contribution in [0.25, 0.3) is 0 Å². The third kappa shape index (κ3) is 3.89. The van der Waals surface area contributed by atoms with Gasteiger partial charge in [0, 0.05) is 12.6 Å². The molecule has 0 heterocycles. The Hall–Kier alpha value is -1.73. The normalized spacial score (nSPS) is 25.1. The van der Waals surface area contributed by atoms with Crippen LogP contribution in [0.1, 0.15) is 44.6 Å². The van der Waals surface area contributed by atoms with Crippen molar-refractivity contribution in [1.82, 2.24) is 0 Å². The van der Waals surface area contributed by atoms with Gasteiger partial charge in [0.25, 0.3) is 0 Å². The predicted octanol–water partition coefficient (Wildman–Crippen LogP) is 3.31. The van der Waals surface area contributed by atoms with Crippen molar-refractivity contribution in [1.29, 1.82) is 5.26 Å². The molecular weight excluding hydrogens is 264 g/mol. The molecule has 1 aromatic rings. The highest BCUT2D eigenvalue weighted by Crippen LogP contribution is 2.34. The van der Waals surface area contributed by atoms with Gasteiger partial charge in [-0.2, -0.15) is 5.26 Å². The maximum Gasteiger partial charge on any atom is 0.121 e. The van der Waals surface area contributed by atoms with Gasteiger partial charge in [0.15, 0.2) is 0 Å². The Balaban J connectivity index is 2.01. The van der Waals surface area contributed by atoms with Gasteiger partial charge in [-0.3, -0.25) is 0 Å². The second kappa shape index (κ2) is 6.82. The molecule has 1 aliphatic carbocycles. The molecule has 4 nitrogen and oxygen atoms in total. The lowest BCUT2D eigenvalue weighted by Gasteiger charge is -2.36. The summed E-state index contributed by atoms with van der Waals surface area (Å²) in [6.45, 7) is 2.69. The molecule has 1 aliphatic rings. The molecule has 0 aliphatic heterocycles. The van der Waals surface area contributed by atoms with E-state index in [9.17, 15) is 5.11 Å². The lowest BCUT2D eigenvalue weighted by molar-refractivity contribution is 0.00229. The summed E-state index contributed by atoms with van der Waals surface area (Å²) in [5.41, 5.74) is 0.631.